The topological polar surface area (TPSA) is 53.5 Å². The number of benzene rings is 1. The van der Waals surface area contributed by atoms with E-state index >= 15 is 0 Å². The minimum absolute atomic E-state index is 0.0361. The number of amides is 1. The maximum atomic E-state index is 13.3. The number of hydrogen-bond acceptors (Lipinski definition) is 3. The molecule has 0 bridgehead atoms. The molecule has 3 rings (SSSR count). The SMILES string of the molecule is Cc1cc(C2=NC3(CCNCC3)C(=O)N2)ccc1F. The van der Waals surface area contributed by atoms with Gasteiger partial charge in [-0.05, 0) is 56.6 Å². The van der Waals surface area contributed by atoms with E-state index in [1.165, 1.54) is 6.07 Å². The third kappa shape index (κ3) is 2.04. The second-order valence-electron chi connectivity index (χ2n) is 5.16. The van der Waals surface area contributed by atoms with Gasteiger partial charge in [0.2, 0.25) is 0 Å². The number of rotatable bonds is 1. The van der Waals surface area contributed by atoms with E-state index in [4.69, 9.17) is 0 Å². The fourth-order valence-electron chi connectivity index (χ4n) is 2.62. The van der Waals surface area contributed by atoms with Crippen LogP contribution in [0.2, 0.25) is 0 Å². The summed E-state index contributed by atoms with van der Waals surface area (Å²) in [7, 11) is 0. The standard InChI is InChI=1S/C14H16FN3O/c1-9-8-10(2-3-11(9)15)12-17-13(19)14(18-12)4-6-16-7-5-14/h2-3,8,16H,4-7H2,1H3,(H,17,18,19). The zero-order chi connectivity index (χ0) is 13.5. The largest absolute Gasteiger partial charge is 0.317 e. The van der Waals surface area contributed by atoms with Crippen LogP contribution in [0.5, 0.6) is 0 Å². The van der Waals surface area contributed by atoms with E-state index in [2.05, 4.69) is 15.6 Å². The molecular weight excluding hydrogens is 245 g/mol. The Morgan fingerprint density at radius 2 is 2.05 bits per heavy atom. The number of carbonyl (C=O) groups is 1. The van der Waals surface area contributed by atoms with Crippen molar-refractivity contribution in [3.63, 3.8) is 0 Å². The highest BCUT2D eigenvalue weighted by atomic mass is 19.1. The Balaban J connectivity index is 1.95. The van der Waals surface area contributed by atoms with E-state index in [1.807, 2.05) is 0 Å². The van der Waals surface area contributed by atoms with Gasteiger partial charge < -0.3 is 10.6 Å². The molecule has 0 atom stereocenters. The highest BCUT2D eigenvalue weighted by molar-refractivity contribution is 6.15. The molecule has 2 aliphatic heterocycles. The smallest absolute Gasteiger partial charge is 0.253 e. The highest BCUT2D eigenvalue weighted by Crippen LogP contribution is 2.28. The van der Waals surface area contributed by atoms with Crippen LogP contribution in [0.15, 0.2) is 23.2 Å². The van der Waals surface area contributed by atoms with Crippen LogP contribution in [0.1, 0.15) is 24.0 Å². The number of hydrogen-bond donors (Lipinski definition) is 2. The van der Waals surface area contributed by atoms with Crippen molar-refractivity contribution in [2.45, 2.75) is 25.3 Å². The lowest BCUT2D eigenvalue weighted by atomic mass is 9.89. The van der Waals surface area contributed by atoms with Crippen molar-refractivity contribution in [3.05, 3.63) is 35.1 Å². The first-order valence-electron chi connectivity index (χ1n) is 6.49. The van der Waals surface area contributed by atoms with Gasteiger partial charge in [0, 0.05) is 5.56 Å². The molecule has 0 saturated carbocycles. The van der Waals surface area contributed by atoms with Crippen LogP contribution in [-0.2, 0) is 4.79 Å². The van der Waals surface area contributed by atoms with Gasteiger partial charge in [0.1, 0.15) is 17.2 Å². The van der Waals surface area contributed by atoms with E-state index in [-0.39, 0.29) is 11.7 Å². The number of aryl methyl sites for hydroxylation is 1. The van der Waals surface area contributed by atoms with Crippen molar-refractivity contribution < 1.29 is 9.18 Å². The lowest BCUT2D eigenvalue weighted by molar-refractivity contribution is -0.124. The summed E-state index contributed by atoms with van der Waals surface area (Å²) in [4.78, 5) is 16.8. The van der Waals surface area contributed by atoms with Crippen LogP contribution in [0.25, 0.3) is 0 Å². The first-order chi connectivity index (χ1) is 9.11. The minimum Gasteiger partial charge on any atom is -0.317 e. The van der Waals surface area contributed by atoms with Crippen LogP contribution in [0.3, 0.4) is 0 Å². The Morgan fingerprint density at radius 1 is 1.32 bits per heavy atom. The number of halogens is 1. The Kier molecular flexibility index (Phi) is 2.86. The van der Waals surface area contributed by atoms with Gasteiger partial charge >= 0.3 is 0 Å². The molecule has 0 aromatic heterocycles. The van der Waals surface area contributed by atoms with Gasteiger partial charge in [0.05, 0.1) is 0 Å². The zero-order valence-electron chi connectivity index (χ0n) is 10.8. The van der Waals surface area contributed by atoms with Gasteiger partial charge in [-0.2, -0.15) is 0 Å². The summed E-state index contributed by atoms with van der Waals surface area (Å²) in [6.07, 6.45) is 1.42. The zero-order valence-corrected chi connectivity index (χ0v) is 10.8. The predicted octanol–water partition coefficient (Wildman–Crippen LogP) is 1.13. The summed E-state index contributed by atoms with van der Waals surface area (Å²) in [6.45, 7) is 3.30. The molecule has 100 valence electrons. The molecule has 1 spiro atoms. The molecule has 1 aromatic carbocycles. The lowest BCUT2D eigenvalue weighted by Gasteiger charge is -2.28. The number of piperidine rings is 1. The van der Waals surface area contributed by atoms with Crippen molar-refractivity contribution in [3.8, 4) is 0 Å². The van der Waals surface area contributed by atoms with Crippen molar-refractivity contribution in [1.29, 1.82) is 0 Å². The minimum atomic E-state index is -0.622. The number of nitrogens with zero attached hydrogens (tertiary/aromatic N) is 1. The van der Waals surface area contributed by atoms with Crippen molar-refractivity contribution in [2.75, 3.05) is 13.1 Å². The third-order valence-electron chi connectivity index (χ3n) is 3.84. The Morgan fingerprint density at radius 3 is 2.74 bits per heavy atom. The lowest BCUT2D eigenvalue weighted by Crippen LogP contribution is -2.47. The van der Waals surface area contributed by atoms with Gasteiger partial charge in [-0.1, -0.05) is 0 Å². The molecule has 1 saturated heterocycles. The summed E-state index contributed by atoms with van der Waals surface area (Å²) >= 11 is 0. The Hall–Kier alpha value is -1.75. The molecule has 1 fully saturated rings. The van der Waals surface area contributed by atoms with Crippen molar-refractivity contribution in [2.24, 2.45) is 4.99 Å². The van der Waals surface area contributed by atoms with E-state index in [9.17, 15) is 9.18 Å². The average molecular weight is 261 g/mol. The number of nitrogens with one attached hydrogen (secondary N) is 2. The maximum Gasteiger partial charge on any atom is 0.253 e. The summed E-state index contributed by atoms with van der Waals surface area (Å²) in [6, 6.07) is 4.78. The van der Waals surface area contributed by atoms with E-state index < -0.39 is 5.54 Å². The van der Waals surface area contributed by atoms with Gasteiger partial charge in [0.15, 0.2) is 0 Å². The second kappa shape index (κ2) is 4.42. The van der Waals surface area contributed by atoms with Crippen molar-refractivity contribution >= 4 is 11.7 Å². The molecule has 2 heterocycles. The van der Waals surface area contributed by atoms with E-state index in [0.29, 0.717) is 24.2 Å². The average Bonchev–Trinajstić information content (AvgIpc) is 2.71. The molecule has 1 aromatic rings. The maximum absolute atomic E-state index is 13.3. The quantitative estimate of drug-likeness (QED) is 0.796. The predicted molar refractivity (Wildman–Crippen MR) is 70.7 cm³/mol. The molecule has 4 nitrogen and oxygen atoms in total. The van der Waals surface area contributed by atoms with Crippen LogP contribution >= 0.6 is 0 Å². The molecule has 0 radical (unpaired) electrons. The third-order valence-corrected chi connectivity index (χ3v) is 3.84. The Bertz CT molecular complexity index is 562. The first kappa shape index (κ1) is 12.3. The van der Waals surface area contributed by atoms with E-state index in [0.717, 1.165) is 18.7 Å². The van der Waals surface area contributed by atoms with E-state index in [1.54, 1.807) is 19.1 Å². The summed E-state index contributed by atoms with van der Waals surface area (Å²) in [5.41, 5.74) is 0.700. The molecular formula is C14H16FN3O. The molecule has 2 aliphatic rings. The van der Waals surface area contributed by atoms with Gasteiger partial charge in [0.25, 0.3) is 5.91 Å². The number of amidine groups is 1. The molecule has 0 unspecified atom stereocenters. The first-order valence-corrected chi connectivity index (χ1v) is 6.49. The van der Waals surface area contributed by atoms with Crippen molar-refractivity contribution in [1.82, 2.24) is 10.6 Å². The fraction of sp³-hybridized carbons (Fsp3) is 0.429. The molecule has 1 amide bonds. The molecule has 2 N–H and O–H groups in total. The van der Waals surface area contributed by atoms with Crippen LogP contribution in [0.4, 0.5) is 4.39 Å². The normalized spacial score (nSPS) is 21.4. The van der Waals surface area contributed by atoms with Crippen LogP contribution < -0.4 is 10.6 Å². The number of aliphatic imine (C=N–C) groups is 1. The fourth-order valence-corrected chi connectivity index (χ4v) is 2.62. The summed E-state index contributed by atoms with van der Waals surface area (Å²) in [5.74, 6) is 0.284. The molecule has 19 heavy (non-hydrogen) atoms. The van der Waals surface area contributed by atoms with Gasteiger partial charge in [-0.15, -0.1) is 0 Å². The summed E-state index contributed by atoms with van der Waals surface area (Å²) in [5, 5.41) is 6.07. The second-order valence-corrected chi connectivity index (χ2v) is 5.16. The summed E-state index contributed by atoms with van der Waals surface area (Å²) < 4.78 is 13.3. The monoisotopic (exact) mass is 261 g/mol. The number of carbonyl (C=O) groups excluding carboxylic acids is 1. The molecule has 5 heteroatoms. The Labute approximate surface area is 111 Å². The van der Waals surface area contributed by atoms with Crippen LogP contribution in [0, 0.1) is 12.7 Å². The highest BCUT2D eigenvalue weighted by Gasteiger charge is 2.44. The van der Waals surface area contributed by atoms with Gasteiger partial charge in [-0.25, -0.2) is 4.39 Å². The van der Waals surface area contributed by atoms with Crippen LogP contribution in [-0.4, -0.2) is 30.4 Å². The molecule has 0 aliphatic carbocycles. The van der Waals surface area contributed by atoms with Gasteiger partial charge in [-0.3, -0.25) is 9.79 Å².